The number of pyridine rings is 1. The molecule has 3 aromatic rings. The number of carbonyl (C=O) groups excluding carboxylic acids is 1. The van der Waals surface area contributed by atoms with Crippen molar-refractivity contribution in [2.75, 3.05) is 0 Å². The highest BCUT2D eigenvalue weighted by molar-refractivity contribution is 6.30. The zero-order valence-corrected chi connectivity index (χ0v) is 14.8. The molecule has 0 aliphatic heterocycles. The first-order valence-electron chi connectivity index (χ1n) is 8.46. The van der Waals surface area contributed by atoms with E-state index in [9.17, 15) is 4.79 Å². The molecule has 3 heteroatoms. The molecule has 0 unspecified atom stereocenters. The summed E-state index contributed by atoms with van der Waals surface area (Å²) in [5, 5.41) is 0.714. The Morgan fingerprint density at radius 3 is 2.48 bits per heavy atom. The smallest absolute Gasteiger partial charge is 0.165 e. The van der Waals surface area contributed by atoms with Crippen LogP contribution in [0.25, 0.3) is 11.1 Å². The van der Waals surface area contributed by atoms with Crippen molar-refractivity contribution in [3.8, 4) is 11.1 Å². The van der Waals surface area contributed by atoms with E-state index in [2.05, 4.69) is 24.0 Å². The minimum Gasteiger partial charge on any atom is -0.294 e. The van der Waals surface area contributed by atoms with E-state index < -0.39 is 0 Å². The minimum absolute atomic E-state index is 0.164. The summed E-state index contributed by atoms with van der Waals surface area (Å²) in [5.74, 6) is 0.337. The summed E-state index contributed by atoms with van der Waals surface area (Å²) in [6.07, 6.45) is 3.11. The average molecular weight is 348 g/mol. The summed E-state index contributed by atoms with van der Waals surface area (Å²) in [4.78, 5) is 17.5. The van der Waals surface area contributed by atoms with Crippen LogP contribution < -0.4 is 0 Å². The van der Waals surface area contributed by atoms with Crippen molar-refractivity contribution in [1.29, 1.82) is 0 Å². The van der Waals surface area contributed by atoms with Gasteiger partial charge in [-0.3, -0.25) is 9.78 Å². The molecule has 0 amide bonds. The first-order valence-corrected chi connectivity index (χ1v) is 8.84. The molecule has 4 rings (SSSR count). The van der Waals surface area contributed by atoms with Gasteiger partial charge in [-0.25, -0.2) is 0 Å². The summed E-state index contributed by atoms with van der Waals surface area (Å²) in [7, 11) is 0. The molecule has 0 fully saturated rings. The number of aryl methyl sites for hydroxylation is 1. The molecule has 0 N–H and O–H groups in total. The summed E-state index contributed by atoms with van der Waals surface area (Å²) in [5.41, 5.74) is 6.12. The molecule has 25 heavy (non-hydrogen) atoms. The predicted molar refractivity (Wildman–Crippen MR) is 101 cm³/mol. The van der Waals surface area contributed by atoms with Crippen molar-refractivity contribution in [2.45, 2.75) is 25.7 Å². The summed E-state index contributed by atoms with van der Waals surface area (Å²) < 4.78 is 0. The zero-order chi connectivity index (χ0) is 17.4. The average Bonchev–Trinajstić information content (AvgIpc) is 2.62. The molecule has 1 aromatic heterocycles. The quantitative estimate of drug-likeness (QED) is 0.602. The van der Waals surface area contributed by atoms with E-state index in [0.717, 1.165) is 34.4 Å². The normalized spacial score (nSPS) is 16.6. The van der Waals surface area contributed by atoms with Crippen molar-refractivity contribution in [2.24, 2.45) is 0 Å². The molecule has 1 aliphatic carbocycles. The number of rotatable bonds is 2. The van der Waals surface area contributed by atoms with Gasteiger partial charge >= 0.3 is 0 Å². The highest BCUT2D eigenvalue weighted by Crippen LogP contribution is 2.37. The van der Waals surface area contributed by atoms with Crippen LogP contribution in [0.5, 0.6) is 0 Å². The lowest BCUT2D eigenvalue weighted by Crippen LogP contribution is -2.21. The number of ketones is 1. The van der Waals surface area contributed by atoms with Crippen molar-refractivity contribution >= 4 is 17.4 Å². The van der Waals surface area contributed by atoms with Gasteiger partial charge in [-0.05, 0) is 59.7 Å². The molecule has 1 heterocycles. The molecule has 0 spiro atoms. The summed E-state index contributed by atoms with van der Waals surface area (Å²) in [6, 6.07) is 17.9. The lowest BCUT2D eigenvalue weighted by atomic mass is 9.79. The Hall–Kier alpha value is -2.45. The molecule has 0 radical (unpaired) electrons. The monoisotopic (exact) mass is 347 g/mol. The molecular formula is C22H18ClNO. The fourth-order valence-electron chi connectivity index (χ4n) is 3.67. The SMILES string of the molecule is Cc1ccccc1-c1ccnc2c1C(=O)C[C@H](c1ccc(Cl)cc1)C2. The van der Waals surface area contributed by atoms with E-state index in [-0.39, 0.29) is 11.7 Å². The van der Waals surface area contributed by atoms with E-state index in [0.29, 0.717) is 11.4 Å². The zero-order valence-electron chi connectivity index (χ0n) is 14.0. The van der Waals surface area contributed by atoms with Gasteiger partial charge in [0, 0.05) is 23.2 Å². The molecule has 2 aromatic carbocycles. The standard InChI is InChI=1S/C22H18ClNO/c1-14-4-2-3-5-18(14)19-10-11-24-20-12-16(13-21(25)22(19)20)15-6-8-17(23)9-7-15/h2-11,16H,12-13H2,1H3/t16-/m1/s1. The largest absolute Gasteiger partial charge is 0.294 e. The number of fused-ring (bicyclic) bond motifs is 1. The number of hydrogen-bond donors (Lipinski definition) is 0. The lowest BCUT2D eigenvalue weighted by molar-refractivity contribution is 0.0964. The fraction of sp³-hybridized carbons (Fsp3) is 0.182. The molecule has 1 atom stereocenters. The van der Waals surface area contributed by atoms with Gasteiger partial charge in [0.15, 0.2) is 5.78 Å². The van der Waals surface area contributed by atoms with Gasteiger partial charge in [-0.1, -0.05) is 48.0 Å². The Kier molecular flexibility index (Phi) is 4.14. The Morgan fingerprint density at radius 2 is 1.72 bits per heavy atom. The Morgan fingerprint density at radius 1 is 0.960 bits per heavy atom. The highest BCUT2D eigenvalue weighted by atomic mass is 35.5. The molecule has 1 aliphatic rings. The van der Waals surface area contributed by atoms with E-state index >= 15 is 0 Å². The van der Waals surface area contributed by atoms with E-state index in [1.54, 1.807) is 0 Å². The van der Waals surface area contributed by atoms with Crippen molar-refractivity contribution in [3.05, 3.63) is 88.2 Å². The minimum atomic E-state index is 0.164. The van der Waals surface area contributed by atoms with Crippen LogP contribution in [0.2, 0.25) is 5.02 Å². The maximum atomic E-state index is 13.0. The van der Waals surface area contributed by atoms with E-state index in [1.165, 1.54) is 5.56 Å². The van der Waals surface area contributed by atoms with Crippen LogP contribution in [0.15, 0.2) is 60.8 Å². The molecule has 0 bridgehead atoms. The number of hydrogen-bond acceptors (Lipinski definition) is 2. The number of halogens is 1. The van der Waals surface area contributed by atoms with Crippen LogP contribution in [0.4, 0.5) is 0 Å². The lowest BCUT2D eigenvalue weighted by Gasteiger charge is -2.25. The van der Waals surface area contributed by atoms with Crippen LogP contribution in [0.3, 0.4) is 0 Å². The molecule has 0 saturated carbocycles. The maximum Gasteiger partial charge on any atom is 0.165 e. The van der Waals surface area contributed by atoms with Crippen molar-refractivity contribution in [3.63, 3.8) is 0 Å². The Balaban J connectivity index is 1.77. The summed E-state index contributed by atoms with van der Waals surface area (Å²) >= 11 is 5.98. The number of Topliss-reactive ketones (excluding diaryl/α,β-unsaturated/α-hetero) is 1. The van der Waals surface area contributed by atoms with Crippen LogP contribution in [-0.4, -0.2) is 10.8 Å². The van der Waals surface area contributed by atoms with E-state index in [1.807, 2.05) is 48.7 Å². The number of benzene rings is 2. The van der Waals surface area contributed by atoms with Crippen molar-refractivity contribution < 1.29 is 4.79 Å². The van der Waals surface area contributed by atoms with Gasteiger partial charge in [0.2, 0.25) is 0 Å². The molecular weight excluding hydrogens is 330 g/mol. The number of carbonyl (C=O) groups is 1. The van der Waals surface area contributed by atoms with Gasteiger partial charge in [0.25, 0.3) is 0 Å². The third-order valence-corrected chi connectivity index (χ3v) is 5.21. The van der Waals surface area contributed by atoms with E-state index in [4.69, 9.17) is 11.6 Å². The maximum absolute atomic E-state index is 13.0. The predicted octanol–water partition coefficient (Wildman–Crippen LogP) is 5.62. The van der Waals surface area contributed by atoms with Gasteiger partial charge in [0.1, 0.15) is 0 Å². The molecule has 0 saturated heterocycles. The third-order valence-electron chi connectivity index (χ3n) is 4.96. The van der Waals surface area contributed by atoms with Gasteiger partial charge in [0.05, 0.1) is 5.69 Å². The number of nitrogens with zero attached hydrogens (tertiary/aromatic N) is 1. The summed E-state index contributed by atoms with van der Waals surface area (Å²) in [6.45, 7) is 2.08. The first kappa shape index (κ1) is 16.0. The van der Waals surface area contributed by atoms with Crippen LogP contribution in [-0.2, 0) is 6.42 Å². The fourth-order valence-corrected chi connectivity index (χ4v) is 3.80. The van der Waals surface area contributed by atoms with Crippen LogP contribution in [0, 0.1) is 6.92 Å². The Bertz CT molecular complexity index is 946. The topological polar surface area (TPSA) is 30.0 Å². The first-order chi connectivity index (χ1) is 12.1. The van der Waals surface area contributed by atoms with Gasteiger partial charge in [-0.2, -0.15) is 0 Å². The molecule has 124 valence electrons. The van der Waals surface area contributed by atoms with Gasteiger partial charge < -0.3 is 0 Å². The second-order valence-electron chi connectivity index (χ2n) is 6.58. The molecule has 2 nitrogen and oxygen atoms in total. The van der Waals surface area contributed by atoms with Crippen LogP contribution in [0.1, 0.15) is 39.5 Å². The van der Waals surface area contributed by atoms with Crippen LogP contribution >= 0.6 is 11.6 Å². The second kappa shape index (κ2) is 6.45. The Labute approximate surface area is 152 Å². The highest BCUT2D eigenvalue weighted by Gasteiger charge is 2.29. The van der Waals surface area contributed by atoms with Gasteiger partial charge in [-0.15, -0.1) is 0 Å². The van der Waals surface area contributed by atoms with Crippen molar-refractivity contribution in [1.82, 2.24) is 4.98 Å². The second-order valence-corrected chi connectivity index (χ2v) is 7.01. The number of aromatic nitrogens is 1. The third kappa shape index (κ3) is 2.98.